The largest absolute Gasteiger partial charge is 0.378 e. The monoisotopic (exact) mass is 373 g/mol. The SMILES string of the molecule is C[C@H](C(=O)Nc1cc(Cl)ccc1Cl)N(C)CC(=O)N1CCOCC1. The maximum absolute atomic E-state index is 12.4. The lowest BCUT2D eigenvalue weighted by atomic mass is 10.2. The molecule has 132 valence electrons. The first-order valence-corrected chi connectivity index (χ1v) is 8.45. The Bertz CT molecular complexity index is 606. The lowest BCUT2D eigenvalue weighted by Crippen LogP contribution is -2.48. The summed E-state index contributed by atoms with van der Waals surface area (Å²) in [5.41, 5.74) is 0.453. The van der Waals surface area contributed by atoms with Gasteiger partial charge in [-0.1, -0.05) is 23.2 Å². The smallest absolute Gasteiger partial charge is 0.241 e. The van der Waals surface area contributed by atoms with Gasteiger partial charge in [-0.15, -0.1) is 0 Å². The van der Waals surface area contributed by atoms with Crippen LogP contribution in [0.2, 0.25) is 10.0 Å². The van der Waals surface area contributed by atoms with Gasteiger partial charge in [0.15, 0.2) is 0 Å². The highest BCUT2D eigenvalue weighted by Crippen LogP contribution is 2.25. The van der Waals surface area contributed by atoms with Gasteiger partial charge in [-0.05, 0) is 32.2 Å². The molecule has 1 aliphatic rings. The van der Waals surface area contributed by atoms with E-state index >= 15 is 0 Å². The first-order chi connectivity index (χ1) is 11.4. The fourth-order valence-electron chi connectivity index (χ4n) is 2.29. The molecule has 0 spiro atoms. The summed E-state index contributed by atoms with van der Waals surface area (Å²) in [6.45, 7) is 4.19. The number of carbonyl (C=O) groups is 2. The minimum atomic E-state index is -0.495. The van der Waals surface area contributed by atoms with Gasteiger partial charge < -0.3 is 15.0 Å². The minimum Gasteiger partial charge on any atom is -0.378 e. The molecule has 2 rings (SSSR count). The van der Waals surface area contributed by atoms with Crippen LogP contribution in [0.5, 0.6) is 0 Å². The molecule has 0 radical (unpaired) electrons. The van der Waals surface area contributed by atoms with Crippen molar-refractivity contribution in [2.75, 3.05) is 45.2 Å². The molecule has 24 heavy (non-hydrogen) atoms. The van der Waals surface area contributed by atoms with Crippen molar-refractivity contribution in [2.24, 2.45) is 0 Å². The Balaban J connectivity index is 1.91. The molecule has 8 heteroatoms. The third-order valence-corrected chi connectivity index (χ3v) is 4.54. The molecule has 0 bridgehead atoms. The zero-order valence-electron chi connectivity index (χ0n) is 13.7. The van der Waals surface area contributed by atoms with E-state index in [4.69, 9.17) is 27.9 Å². The van der Waals surface area contributed by atoms with Crippen LogP contribution in [0.4, 0.5) is 5.69 Å². The van der Waals surface area contributed by atoms with Crippen molar-refractivity contribution in [3.8, 4) is 0 Å². The number of likely N-dealkylation sites (N-methyl/N-ethyl adjacent to an activating group) is 1. The molecule has 0 unspecified atom stereocenters. The Morgan fingerprint density at radius 1 is 1.33 bits per heavy atom. The molecule has 6 nitrogen and oxygen atoms in total. The van der Waals surface area contributed by atoms with E-state index in [0.29, 0.717) is 42.0 Å². The summed E-state index contributed by atoms with van der Waals surface area (Å²) in [4.78, 5) is 28.1. The third kappa shape index (κ3) is 5.08. The summed E-state index contributed by atoms with van der Waals surface area (Å²) >= 11 is 12.0. The van der Waals surface area contributed by atoms with E-state index < -0.39 is 6.04 Å². The zero-order valence-corrected chi connectivity index (χ0v) is 15.2. The number of nitrogens with zero attached hydrogens (tertiary/aromatic N) is 2. The van der Waals surface area contributed by atoms with Crippen molar-refractivity contribution >= 4 is 40.7 Å². The van der Waals surface area contributed by atoms with Gasteiger partial charge in [-0.25, -0.2) is 0 Å². The summed E-state index contributed by atoms with van der Waals surface area (Å²) in [6.07, 6.45) is 0. The Labute approximate surface area is 151 Å². The molecule has 1 aromatic rings. The van der Waals surface area contributed by atoms with Gasteiger partial charge in [0.2, 0.25) is 11.8 Å². The summed E-state index contributed by atoms with van der Waals surface area (Å²) in [5, 5.41) is 3.64. The second-order valence-corrected chi connectivity index (χ2v) is 6.54. The highest BCUT2D eigenvalue weighted by Gasteiger charge is 2.24. The highest BCUT2D eigenvalue weighted by atomic mass is 35.5. The van der Waals surface area contributed by atoms with Crippen LogP contribution in [0.3, 0.4) is 0 Å². The number of ether oxygens (including phenoxy) is 1. The second kappa shape index (κ2) is 8.67. The van der Waals surface area contributed by atoms with Crippen LogP contribution in [0.15, 0.2) is 18.2 Å². The van der Waals surface area contributed by atoms with E-state index in [1.807, 2.05) is 0 Å². The average molecular weight is 374 g/mol. The second-order valence-electron chi connectivity index (χ2n) is 5.70. The average Bonchev–Trinajstić information content (AvgIpc) is 2.58. The van der Waals surface area contributed by atoms with Crippen molar-refractivity contribution in [1.82, 2.24) is 9.80 Å². The van der Waals surface area contributed by atoms with Gasteiger partial charge >= 0.3 is 0 Å². The molecule has 1 saturated heterocycles. The molecule has 1 aliphatic heterocycles. The van der Waals surface area contributed by atoms with Crippen molar-refractivity contribution in [1.29, 1.82) is 0 Å². The van der Waals surface area contributed by atoms with Crippen LogP contribution in [0, 0.1) is 0 Å². The van der Waals surface area contributed by atoms with Crippen LogP contribution in [0.1, 0.15) is 6.92 Å². The number of morpholine rings is 1. The van der Waals surface area contributed by atoms with Crippen LogP contribution in [-0.4, -0.2) is 67.6 Å². The number of hydrogen-bond donors (Lipinski definition) is 1. The van der Waals surface area contributed by atoms with Crippen molar-refractivity contribution in [3.05, 3.63) is 28.2 Å². The van der Waals surface area contributed by atoms with Crippen LogP contribution >= 0.6 is 23.2 Å². The lowest BCUT2D eigenvalue weighted by Gasteiger charge is -2.30. The molecule has 1 heterocycles. The maximum atomic E-state index is 12.4. The number of carbonyl (C=O) groups excluding carboxylic acids is 2. The molecule has 0 saturated carbocycles. The minimum absolute atomic E-state index is 0.0127. The number of amides is 2. The third-order valence-electron chi connectivity index (χ3n) is 3.98. The van der Waals surface area contributed by atoms with Gasteiger partial charge in [-0.2, -0.15) is 0 Å². The summed E-state index contributed by atoms with van der Waals surface area (Å²) in [6, 6.07) is 4.37. The van der Waals surface area contributed by atoms with Gasteiger partial charge in [0, 0.05) is 18.1 Å². The molecule has 0 aliphatic carbocycles. The van der Waals surface area contributed by atoms with Gasteiger partial charge in [0.05, 0.1) is 36.5 Å². The lowest BCUT2D eigenvalue weighted by molar-refractivity contribution is -0.137. The van der Waals surface area contributed by atoms with Crippen LogP contribution in [0.25, 0.3) is 0 Å². The van der Waals surface area contributed by atoms with E-state index in [1.54, 1.807) is 42.0 Å². The number of anilines is 1. The predicted octanol–water partition coefficient (Wildman–Crippen LogP) is 2.11. The predicted molar refractivity (Wildman–Crippen MR) is 94.6 cm³/mol. The molecule has 1 atom stereocenters. The van der Waals surface area contributed by atoms with E-state index in [1.165, 1.54) is 0 Å². The van der Waals surface area contributed by atoms with Crippen LogP contribution < -0.4 is 5.32 Å². The molecule has 2 amide bonds. The fraction of sp³-hybridized carbons (Fsp3) is 0.500. The molecular weight excluding hydrogens is 353 g/mol. The first kappa shape index (κ1) is 19.0. The van der Waals surface area contributed by atoms with Gasteiger partial charge in [0.25, 0.3) is 0 Å². The van der Waals surface area contributed by atoms with E-state index in [0.717, 1.165) is 0 Å². The summed E-state index contributed by atoms with van der Waals surface area (Å²) in [7, 11) is 1.74. The Morgan fingerprint density at radius 3 is 2.67 bits per heavy atom. The number of hydrogen-bond acceptors (Lipinski definition) is 4. The van der Waals surface area contributed by atoms with E-state index in [-0.39, 0.29) is 18.4 Å². The number of rotatable bonds is 5. The maximum Gasteiger partial charge on any atom is 0.241 e. The van der Waals surface area contributed by atoms with Crippen molar-refractivity contribution in [3.63, 3.8) is 0 Å². The zero-order chi connectivity index (χ0) is 17.7. The summed E-state index contributed by atoms with van der Waals surface area (Å²) in [5.74, 6) is -0.266. The van der Waals surface area contributed by atoms with Crippen LogP contribution in [-0.2, 0) is 14.3 Å². The van der Waals surface area contributed by atoms with Gasteiger partial charge in [0.1, 0.15) is 0 Å². The Kier molecular flexibility index (Phi) is 6.86. The molecule has 0 aromatic heterocycles. The number of halogens is 2. The standard InChI is InChI=1S/C16H21Cl2N3O3/c1-11(16(23)19-14-9-12(17)3-4-13(14)18)20(2)10-15(22)21-5-7-24-8-6-21/h3-4,9,11H,5-8,10H2,1-2H3,(H,19,23)/t11-/m1/s1. The molecular formula is C16H21Cl2N3O3. The molecule has 1 N–H and O–H groups in total. The quantitative estimate of drug-likeness (QED) is 0.858. The molecule has 1 aromatic carbocycles. The topological polar surface area (TPSA) is 61.9 Å². The Hall–Kier alpha value is -1.34. The van der Waals surface area contributed by atoms with E-state index in [2.05, 4.69) is 5.32 Å². The number of benzene rings is 1. The first-order valence-electron chi connectivity index (χ1n) is 7.70. The van der Waals surface area contributed by atoms with E-state index in [9.17, 15) is 9.59 Å². The molecule has 1 fully saturated rings. The fourth-order valence-corrected chi connectivity index (χ4v) is 2.63. The highest BCUT2D eigenvalue weighted by molar-refractivity contribution is 6.35. The Morgan fingerprint density at radius 2 is 2.00 bits per heavy atom. The normalized spacial score (nSPS) is 16.1. The summed E-state index contributed by atoms with van der Waals surface area (Å²) < 4.78 is 5.23. The van der Waals surface area contributed by atoms with Crippen molar-refractivity contribution < 1.29 is 14.3 Å². The van der Waals surface area contributed by atoms with Crippen molar-refractivity contribution in [2.45, 2.75) is 13.0 Å². The van der Waals surface area contributed by atoms with Gasteiger partial charge in [-0.3, -0.25) is 14.5 Å². The number of nitrogens with one attached hydrogen (secondary N) is 1.